The maximum absolute atomic E-state index is 13.8. The lowest BCUT2D eigenvalue weighted by Crippen LogP contribution is -2.57. The van der Waals surface area contributed by atoms with Crippen LogP contribution in [0.15, 0.2) is 48.6 Å². The number of esters is 1. The second-order valence-corrected chi connectivity index (χ2v) is 19.0. The first kappa shape index (κ1) is 61.2. The summed E-state index contributed by atoms with van der Waals surface area (Å²) in [6, 6.07) is -2.37. The van der Waals surface area contributed by atoms with Crippen molar-refractivity contribution in [3.63, 3.8) is 0 Å². The Morgan fingerprint density at radius 2 is 1.34 bits per heavy atom. The minimum atomic E-state index is -1.70. The van der Waals surface area contributed by atoms with Crippen LogP contribution >= 0.6 is 0 Å². The van der Waals surface area contributed by atoms with E-state index in [1.807, 2.05) is 6.08 Å². The first-order valence-corrected chi connectivity index (χ1v) is 24.4. The summed E-state index contributed by atoms with van der Waals surface area (Å²) in [6.07, 6.45) is 6.61. The molecule has 0 saturated carbocycles. The molecule has 21 nitrogen and oxygen atoms in total. The van der Waals surface area contributed by atoms with Crippen molar-refractivity contribution in [1.82, 2.24) is 36.8 Å². The summed E-state index contributed by atoms with van der Waals surface area (Å²) in [6.45, 7) is 10.1. The molecule has 1 heterocycles. The van der Waals surface area contributed by atoms with Gasteiger partial charge in [0.05, 0.1) is 56.4 Å². The van der Waals surface area contributed by atoms with Crippen LogP contribution in [0.2, 0.25) is 0 Å². The Balaban J connectivity index is 2.11. The molecule has 0 spiro atoms. The zero-order chi connectivity index (χ0) is 53.4. The summed E-state index contributed by atoms with van der Waals surface area (Å²) in [5.74, 6) is -7.22. The molecule has 0 aromatic heterocycles. The fourth-order valence-electron chi connectivity index (χ4n) is 7.47. The van der Waals surface area contributed by atoms with Crippen LogP contribution in [-0.2, 0) is 49.5 Å². The number of hydrogen-bond donors (Lipinski definition) is 11. The number of likely N-dealkylation sites (N-methyl/N-ethyl adjacent to an activating group) is 1. The predicted octanol–water partition coefficient (Wildman–Crippen LogP) is 0.155. The Bertz CT molecular complexity index is 1960. The number of carbonyl (C=O) groups excluding carboxylic acids is 8. The molecule has 21 heteroatoms. The Hall–Kier alpha value is -5.90. The Labute approximate surface area is 417 Å². The van der Waals surface area contributed by atoms with Crippen LogP contribution in [-0.4, -0.2) is 159 Å². The van der Waals surface area contributed by atoms with E-state index >= 15 is 0 Å². The van der Waals surface area contributed by atoms with Crippen LogP contribution in [0.4, 0.5) is 0 Å². The number of nitrogens with one attached hydrogen (secondary N) is 6. The first-order chi connectivity index (χ1) is 33.5. The summed E-state index contributed by atoms with van der Waals surface area (Å²) >= 11 is 0. The third-order valence-corrected chi connectivity index (χ3v) is 11.9. The molecule has 7 amide bonds. The van der Waals surface area contributed by atoms with E-state index < -0.39 is 152 Å². The van der Waals surface area contributed by atoms with Gasteiger partial charge in [-0.25, -0.2) is 4.79 Å². The monoisotopic (exact) mass is 1000 g/mol. The largest absolute Gasteiger partial charge is 0.508 e. The van der Waals surface area contributed by atoms with Gasteiger partial charge in [0.2, 0.25) is 41.4 Å². The van der Waals surface area contributed by atoms with E-state index in [9.17, 15) is 63.9 Å². The number of aromatic hydroxyl groups is 1. The molecule has 71 heavy (non-hydrogen) atoms. The molecule has 2 rings (SSSR count). The SMILES string of the molecule is CCCCCCC=CCC(=O)N[C@@H](CO)[C@@H](O)CC(=O)N[C@H](C(=O)N[C@@H](CO)[C@@H](O)CC(=O)N[C@H](C(=O)N[C@@H]1C=CC(=O)N[C@@H](C(C)C)C(=O)N(C)[C@@H](Cc2ccc(O)cc2)C(=O)OC1)C(C)C)C(C)C. The van der Waals surface area contributed by atoms with E-state index in [-0.39, 0.29) is 18.6 Å². The summed E-state index contributed by atoms with van der Waals surface area (Å²) in [7, 11) is 1.41. The molecule has 1 aromatic rings. The third kappa shape index (κ3) is 21.6. The van der Waals surface area contributed by atoms with Crippen LogP contribution in [0.1, 0.15) is 105 Å². The van der Waals surface area contributed by atoms with Gasteiger partial charge in [-0.2, -0.15) is 0 Å². The van der Waals surface area contributed by atoms with Crippen LogP contribution in [0.5, 0.6) is 5.75 Å². The van der Waals surface area contributed by atoms with E-state index in [4.69, 9.17) is 4.74 Å². The maximum Gasteiger partial charge on any atom is 0.329 e. The smallest absolute Gasteiger partial charge is 0.329 e. The highest BCUT2D eigenvalue weighted by Gasteiger charge is 2.37. The van der Waals surface area contributed by atoms with Gasteiger partial charge < -0.3 is 67.1 Å². The number of phenolic OH excluding ortho intramolecular Hbond substituents is 1. The van der Waals surface area contributed by atoms with E-state index in [0.29, 0.717) is 5.56 Å². The molecule has 1 aromatic carbocycles. The van der Waals surface area contributed by atoms with Crippen molar-refractivity contribution in [1.29, 1.82) is 0 Å². The van der Waals surface area contributed by atoms with Crippen molar-refractivity contribution in [2.24, 2.45) is 17.8 Å². The Kier molecular flexibility index (Phi) is 27.1. The average Bonchev–Trinajstić information content (AvgIpc) is 3.31. The number of rotatable bonds is 27. The molecule has 0 bridgehead atoms. The van der Waals surface area contributed by atoms with Crippen molar-refractivity contribution < 1.29 is 68.6 Å². The van der Waals surface area contributed by atoms with Crippen LogP contribution in [0.3, 0.4) is 0 Å². The molecule has 0 aliphatic carbocycles. The normalized spacial score (nSPS) is 19.4. The number of ether oxygens (including phenoxy) is 1. The average molecular weight is 1000 g/mol. The number of allylic oxidation sites excluding steroid dienone is 1. The molecule has 9 atom stereocenters. The van der Waals surface area contributed by atoms with Gasteiger partial charge >= 0.3 is 5.97 Å². The zero-order valence-corrected chi connectivity index (χ0v) is 42.4. The topological polar surface area (TPSA) is 322 Å². The molecule has 1 aliphatic heterocycles. The van der Waals surface area contributed by atoms with Gasteiger partial charge in [0.1, 0.15) is 36.5 Å². The van der Waals surface area contributed by atoms with E-state index in [1.165, 1.54) is 30.2 Å². The lowest BCUT2D eigenvalue weighted by Gasteiger charge is -2.32. The molecule has 0 unspecified atom stereocenters. The van der Waals surface area contributed by atoms with Gasteiger partial charge in [0.25, 0.3) is 0 Å². The quantitative estimate of drug-likeness (QED) is 0.0318. The van der Waals surface area contributed by atoms with Gasteiger partial charge in [0.15, 0.2) is 0 Å². The van der Waals surface area contributed by atoms with Gasteiger partial charge in [-0.15, -0.1) is 0 Å². The molecular formula is C50H79N7O14. The number of nitrogens with zero attached hydrogens (tertiary/aromatic N) is 1. The highest BCUT2D eigenvalue weighted by atomic mass is 16.5. The number of aliphatic hydroxyl groups is 4. The fourth-order valence-corrected chi connectivity index (χ4v) is 7.47. The molecule has 11 N–H and O–H groups in total. The molecule has 1 aliphatic rings. The second kappa shape index (κ2) is 31.4. The van der Waals surface area contributed by atoms with Crippen molar-refractivity contribution in [2.75, 3.05) is 26.9 Å². The number of cyclic esters (lactones) is 1. The maximum atomic E-state index is 13.8. The van der Waals surface area contributed by atoms with Crippen LogP contribution in [0.25, 0.3) is 0 Å². The number of phenols is 1. The highest BCUT2D eigenvalue weighted by molar-refractivity contribution is 5.95. The Morgan fingerprint density at radius 3 is 1.87 bits per heavy atom. The van der Waals surface area contributed by atoms with Crippen LogP contribution in [0, 0.1) is 17.8 Å². The number of unbranched alkanes of at least 4 members (excludes halogenated alkanes) is 4. The summed E-state index contributed by atoms with van der Waals surface area (Å²) in [4.78, 5) is 108. The van der Waals surface area contributed by atoms with Gasteiger partial charge in [-0.1, -0.05) is 98.1 Å². The minimum Gasteiger partial charge on any atom is -0.508 e. The standard InChI is InChI=1S/C50H79N7O14/c1-9-10-11-12-13-14-15-16-40(63)52-35(26-58)38(61)24-42(65)56-45(30(4)5)48(68)53-36(27-59)39(62)25-43(66)55-44(29(2)3)47(67)51-33-19-22-41(64)54-46(31(6)7)49(69)57(8)37(50(70)71-28-33)23-32-17-20-34(60)21-18-32/h14-15,17-22,29-31,33,35-39,44-46,58-62H,9-13,16,23-28H2,1-8H3,(H,51,67)(H,52,63)(H,53,68)(H,54,64)(H,55,66)(H,56,65)/t33-,35+,36+,37+,38+,39+,44+,45+,46+/m1/s1. The van der Waals surface area contributed by atoms with Gasteiger partial charge in [-0.3, -0.25) is 33.6 Å². The highest BCUT2D eigenvalue weighted by Crippen LogP contribution is 2.18. The zero-order valence-electron chi connectivity index (χ0n) is 42.4. The number of aliphatic hydroxyl groups excluding tert-OH is 4. The number of benzene rings is 1. The van der Waals surface area contributed by atoms with E-state index in [0.717, 1.165) is 38.2 Å². The molecular weight excluding hydrogens is 923 g/mol. The van der Waals surface area contributed by atoms with Gasteiger partial charge in [-0.05, 0) is 48.3 Å². The Morgan fingerprint density at radius 1 is 0.775 bits per heavy atom. The first-order valence-electron chi connectivity index (χ1n) is 24.4. The summed E-state index contributed by atoms with van der Waals surface area (Å²) < 4.78 is 5.63. The molecule has 0 radical (unpaired) electrons. The van der Waals surface area contributed by atoms with E-state index in [2.05, 4.69) is 38.8 Å². The van der Waals surface area contributed by atoms with Crippen molar-refractivity contribution in [2.45, 2.75) is 161 Å². The predicted molar refractivity (Wildman–Crippen MR) is 263 cm³/mol. The van der Waals surface area contributed by atoms with Crippen molar-refractivity contribution in [3.05, 3.63) is 54.1 Å². The lowest BCUT2D eigenvalue weighted by molar-refractivity contribution is -0.156. The summed E-state index contributed by atoms with van der Waals surface area (Å²) in [5, 5.41) is 66.8. The van der Waals surface area contributed by atoms with Crippen molar-refractivity contribution in [3.8, 4) is 5.75 Å². The van der Waals surface area contributed by atoms with E-state index in [1.54, 1.807) is 59.8 Å². The second-order valence-electron chi connectivity index (χ2n) is 19.0. The van der Waals surface area contributed by atoms with Crippen LogP contribution < -0.4 is 31.9 Å². The lowest BCUT2D eigenvalue weighted by atomic mass is 9.99. The molecule has 0 fully saturated rings. The van der Waals surface area contributed by atoms with Crippen molar-refractivity contribution >= 4 is 47.3 Å². The fraction of sp³-hybridized carbons (Fsp3) is 0.640. The molecule has 398 valence electrons. The number of carbonyl (C=O) groups is 8. The number of hydrogen-bond acceptors (Lipinski definition) is 14. The third-order valence-electron chi connectivity index (χ3n) is 11.9. The van der Waals surface area contributed by atoms with Gasteiger partial charge in [0, 0.05) is 26.0 Å². The minimum absolute atomic E-state index is 0.00127. The molecule has 0 saturated heterocycles. The number of amides is 7. The summed E-state index contributed by atoms with van der Waals surface area (Å²) in [5.41, 5.74) is 0.598.